The highest BCUT2D eigenvalue weighted by Gasteiger charge is 2.39. The summed E-state index contributed by atoms with van der Waals surface area (Å²) in [5, 5.41) is 17.0. The average Bonchev–Trinajstić information content (AvgIpc) is 2.75. The second kappa shape index (κ2) is 6.33. The minimum atomic E-state index is -0.947. The van der Waals surface area contributed by atoms with Gasteiger partial charge < -0.3 is 15.0 Å². The van der Waals surface area contributed by atoms with E-state index >= 15 is 0 Å². The summed E-state index contributed by atoms with van der Waals surface area (Å²) in [5.74, 6) is -0.0233. The van der Waals surface area contributed by atoms with Crippen LogP contribution in [0, 0.1) is 5.82 Å². The van der Waals surface area contributed by atoms with E-state index in [1.165, 1.54) is 34.3 Å². The Balaban J connectivity index is 1.65. The number of aryl methyl sites for hydroxylation is 1. The number of hydrogen-bond acceptors (Lipinski definition) is 2. The Kier molecular flexibility index (Phi) is 4.04. The maximum Gasteiger partial charge on any atom is 0.123 e. The van der Waals surface area contributed by atoms with Gasteiger partial charge in [0.1, 0.15) is 5.82 Å². The predicted octanol–water partition coefficient (Wildman–Crippen LogP) is 4.69. The molecule has 0 amide bonds. The lowest BCUT2D eigenvalue weighted by atomic mass is 9.80. The number of nitrogens with one attached hydrogen (secondary N) is 1. The van der Waals surface area contributed by atoms with Crippen molar-refractivity contribution in [3.05, 3.63) is 70.1 Å². The first kappa shape index (κ1) is 17.2. The van der Waals surface area contributed by atoms with E-state index in [2.05, 4.69) is 22.0 Å². The number of rotatable bonds is 1. The molecule has 3 nitrogen and oxygen atoms in total. The van der Waals surface area contributed by atoms with Crippen molar-refractivity contribution >= 4 is 22.5 Å². The fraction of sp³-hybridized carbons (Fsp3) is 0.364. The summed E-state index contributed by atoms with van der Waals surface area (Å²) < 4.78 is 15.8. The van der Waals surface area contributed by atoms with Crippen LogP contribution in [-0.4, -0.2) is 16.2 Å². The number of nitrogens with zero attached hydrogens (tertiary/aromatic N) is 1. The number of halogens is 2. The van der Waals surface area contributed by atoms with Crippen molar-refractivity contribution < 1.29 is 9.50 Å². The molecule has 1 aromatic heterocycles. The lowest BCUT2D eigenvalue weighted by Crippen LogP contribution is -2.28. The van der Waals surface area contributed by atoms with Gasteiger partial charge in [0, 0.05) is 40.6 Å². The predicted molar refractivity (Wildman–Crippen MR) is 106 cm³/mol. The maximum absolute atomic E-state index is 13.4. The van der Waals surface area contributed by atoms with Crippen molar-refractivity contribution in [3.63, 3.8) is 0 Å². The van der Waals surface area contributed by atoms with Crippen molar-refractivity contribution in [2.75, 3.05) is 6.54 Å². The molecule has 2 unspecified atom stereocenters. The zero-order valence-electron chi connectivity index (χ0n) is 15.0. The molecular formula is C22H22ClFN2O. The van der Waals surface area contributed by atoms with Crippen LogP contribution in [0.3, 0.4) is 0 Å². The summed E-state index contributed by atoms with van der Waals surface area (Å²) >= 11 is 6.28. The molecule has 2 N–H and O–H groups in total. The first-order valence-electron chi connectivity index (χ1n) is 9.55. The van der Waals surface area contributed by atoms with Crippen LogP contribution in [0.5, 0.6) is 0 Å². The summed E-state index contributed by atoms with van der Waals surface area (Å²) in [7, 11) is 0. The molecule has 5 rings (SSSR count). The van der Waals surface area contributed by atoms with E-state index in [0.717, 1.165) is 36.6 Å². The van der Waals surface area contributed by atoms with Crippen LogP contribution in [0.25, 0.3) is 10.9 Å². The minimum absolute atomic E-state index is 0.249. The lowest BCUT2D eigenvalue weighted by molar-refractivity contribution is 0.0123. The number of fused-ring (bicyclic) bond motifs is 3. The van der Waals surface area contributed by atoms with Crippen LogP contribution in [0.15, 0.2) is 42.5 Å². The van der Waals surface area contributed by atoms with Gasteiger partial charge in [-0.3, -0.25) is 0 Å². The highest BCUT2D eigenvalue weighted by Crippen LogP contribution is 2.45. The van der Waals surface area contributed by atoms with Crippen LogP contribution >= 0.6 is 11.6 Å². The van der Waals surface area contributed by atoms with Crippen LogP contribution < -0.4 is 5.32 Å². The molecule has 5 heteroatoms. The summed E-state index contributed by atoms with van der Waals surface area (Å²) in [6.07, 6.45) is 2.24. The average molecular weight is 385 g/mol. The van der Waals surface area contributed by atoms with E-state index in [1.54, 1.807) is 12.1 Å². The van der Waals surface area contributed by atoms with E-state index in [1.807, 2.05) is 6.07 Å². The topological polar surface area (TPSA) is 37.2 Å². The number of benzene rings is 2. The number of hydrogen-bond donors (Lipinski definition) is 2. The Morgan fingerprint density at radius 2 is 2.00 bits per heavy atom. The van der Waals surface area contributed by atoms with Crippen LogP contribution in [-0.2, 0) is 18.7 Å². The third kappa shape index (κ3) is 2.78. The zero-order valence-corrected chi connectivity index (χ0v) is 15.8. The summed E-state index contributed by atoms with van der Waals surface area (Å²) in [5.41, 5.74) is 3.67. The summed E-state index contributed by atoms with van der Waals surface area (Å²) in [4.78, 5) is 0. The van der Waals surface area contributed by atoms with E-state index < -0.39 is 5.60 Å². The molecule has 0 saturated carbocycles. The monoisotopic (exact) mass is 384 g/mol. The Morgan fingerprint density at radius 1 is 1.19 bits per heavy atom. The number of aliphatic hydroxyl groups is 1. The number of aromatic nitrogens is 1. The van der Waals surface area contributed by atoms with E-state index in [-0.39, 0.29) is 11.7 Å². The molecule has 2 aromatic carbocycles. The molecule has 0 fully saturated rings. The normalized spacial score (nSPS) is 25.1. The first-order chi connectivity index (χ1) is 13.0. The standard InChI is InChI=1S/C22H22ClFN2O/c23-16-3-6-20-18(11-16)19-13-25-9-7-14-12-22(27,8-10-26(20)21(14)19)15-1-4-17(24)5-2-15/h1-6,11,14,25,27H,7-10,12-13H2. The Hall–Kier alpha value is -1.88. The third-order valence-electron chi connectivity index (χ3n) is 6.25. The van der Waals surface area contributed by atoms with Gasteiger partial charge in [-0.05, 0) is 67.3 Å². The molecule has 2 atom stereocenters. The van der Waals surface area contributed by atoms with Crippen LogP contribution in [0.1, 0.15) is 42.0 Å². The quantitative estimate of drug-likeness (QED) is 0.638. The van der Waals surface area contributed by atoms with Gasteiger partial charge in [0.25, 0.3) is 0 Å². The van der Waals surface area contributed by atoms with Gasteiger partial charge in [0.15, 0.2) is 0 Å². The summed E-state index contributed by atoms with van der Waals surface area (Å²) in [6, 6.07) is 12.4. The van der Waals surface area contributed by atoms with Gasteiger partial charge >= 0.3 is 0 Å². The Morgan fingerprint density at radius 3 is 2.81 bits per heavy atom. The second-order valence-corrected chi connectivity index (χ2v) is 8.27. The van der Waals surface area contributed by atoms with E-state index in [0.29, 0.717) is 12.8 Å². The molecule has 3 aromatic rings. The molecule has 0 aliphatic carbocycles. The van der Waals surface area contributed by atoms with E-state index in [9.17, 15) is 9.50 Å². The molecule has 3 heterocycles. The van der Waals surface area contributed by atoms with Gasteiger partial charge in [-0.2, -0.15) is 0 Å². The van der Waals surface area contributed by atoms with Crippen molar-refractivity contribution in [3.8, 4) is 0 Å². The molecule has 27 heavy (non-hydrogen) atoms. The van der Waals surface area contributed by atoms with Gasteiger partial charge in [-0.25, -0.2) is 4.39 Å². The zero-order chi connectivity index (χ0) is 18.6. The highest BCUT2D eigenvalue weighted by molar-refractivity contribution is 6.31. The highest BCUT2D eigenvalue weighted by atomic mass is 35.5. The minimum Gasteiger partial charge on any atom is -0.385 e. The Labute approximate surface area is 162 Å². The third-order valence-corrected chi connectivity index (χ3v) is 6.48. The SMILES string of the molecule is OC1(c2ccc(F)cc2)CCn2c3c(c4cc(Cl)ccc42)CNCCC3C1. The van der Waals surface area contributed by atoms with Crippen molar-refractivity contribution in [2.24, 2.45) is 0 Å². The Bertz CT molecular complexity index is 1010. The lowest BCUT2D eigenvalue weighted by Gasteiger charge is -2.30. The molecule has 0 radical (unpaired) electrons. The molecule has 0 spiro atoms. The van der Waals surface area contributed by atoms with Crippen LogP contribution in [0.4, 0.5) is 4.39 Å². The molecule has 2 aliphatic heterocycles. The van der Waals surface area contributed by atoms with Crippen molar-refractivity contribution in [1.29, 1.82) is 0 Å². The molecule has 0 saturated heterocycles. The summed E-state index contributed by atoms with van der Waals surface area (Å²) in [6.45, 7) is 2.48. The largest absolute Gasteiger partial charge is 0.385 e. The maximum atomic E-state index is 13.4. The second-order valence-electron chi connectivity index (χ2n) is 7.83. The van der Waals surface area contributed by atoms with Gasteiger partial charge in [0.05, 0.1) is 5.60 Å². The fourth-order valence-corrected chi connectivity index (χ4v) is 5.14. The van der Waals surface area contributed by atoms with Crippen molar-refractivity contribution in [1.82, 2.24) is 9.88 Å². The van der Waals surface area contributed by atoms with E-state index in [4.69, 9.17) is 11.6 Å². The fourth-order valence-electron chi connectivity index (χ4n) is 4.96. The van der Waals surface area contributed by atoms with Gasteiger partial charge in [0.2, 0.25) is 0 Å². The van der Waals surface area contributed by atoms with Gasteiger partial charge in [-0.1, -0.05) is 23.7 Å². The molecule has 0 bridgehead atoms. The smallest absolute Gasteiger partial charge is 0.123 e. The molecule has 2 aliphatic rings. The molecule has 140 valence electrons. The van der Waals surface area contributed by atoms with Gasteiger partial charge in [-0.15, -0.1) is 0 Å². The first-order valence-corrected chi connectivity index (χ1v) is 9.93. The molecular weight excluding hydrogens is 363 g/mol. The van der Waals surface area contributed by atoms with Crippen LogP contribution in [0.2, 0.25) is 5.02 Å². The van der Waals surface area contributed by atoms with Crippen molar-refractivity contribution in [2.45, 2.75) is 43.9 Å².